The summed E-state index contributed by atoms with van der Waals surface area (Å²) in [5.41, 5.74) is 0.910. The van der Waals surface area contributed by atoms with E-state index in [2.05, 4.69) is 47.4 Å². The Morgan fingerprint density at radius 2 is 1.85 bits per heavy atom. The minimum atomic E-state index is 0.718. The number of hydrogen-bond donors (Lipinski definition) is 0. The Kier molecular flexibility index (Phi) is 5.06. The molecule has 0 N–H and O–H groups in total. The molecule has 0 bridgehead atoms. The standard InChI is InChI=1S/C12H14BrClN4S2/c13-11-2-1-9(19-11)7-17-3-5-18(6-4-17)8-10-12(14)20-16-15-10/h1-2H,3-8H2. The molecule has 0 unspecified atom stereocenters. The highest BCUT2D eigenvalue weighted by atomic mass is 79.9. The lowest BCUT2D eigenvalue weighted by Crippen LogP contribution is -2.45. The molecule has 8 heteroatoms. The van der Waals surface area contributed by atoms with Gasteiger partial charge in [-0.25, -0.2) is 0 Å². The zero-order valence-corrected chi connectivity index (χ0v) is 14.7. The van der Waals surface area contributed by atoms with E-state index in [1.165, 1.54) is 20.2 Å². The predicted molar refractivity (Wildman–Crippen MR) is 87.5 cm³/mol. The molecule has 108 valence electrons. The number of rotatable bonds is 4. The van der Waals surface area contributed by atoms with Gasteiger partial charge in [0.2, 0.25) is 0 Å². The van der Waals surface area contributed by atoms with Crippen molar-refractivity contribution >= 4 is 50.4 Å². The number of nitrogens with zero attached hydrogens (tertiary/aromatic N) is 4. The molecule has 0 saturated carbocycles. The molecule has 0 aromatic carbocycles. The monoisotopic (exact) mass is 392 g/mol. The average Bonchev–Trinajstić information content (AvgIpc) is 3.02. The van der Waals surface area contributed by atoms with Crippen LogP contribution in [0.3, 0.4) is 0 Å². The summed E-state index contributed by atoms with van der Waals surface area (Å²) < 4.78 is 5.80. The van der Waals surface area contributed by atoms with Crippen LogP contribution in [-0.2, 0) is 13.1 Å². The van der Waals surface area contributed by atoms with Gasteiger partial charge in [-0.2, -0.15) is 0 Å². The minimum absolute atomic E-state index is 0.718. The Morgan fingerprint density at radius 1 is 1.15 bits per heavy atom. The second-order valence-corrected chi connectivity index (χ2v) is 8.66. The third-order valence-corrected chi connectivity index (χ3v) is 5.95. The van der Waals surface area contributed by atoms with Gasteiger partial charge in [0, 0.05) is 55.7 Å². The van der Waals surface area contributed by atoms with Crippen LogP contribution in [0.2, 0.25) is 4.34 Å². The second-order valence-electron chi connectivity index (χ2n) is 4.75. The summed E-state index contributed by atoms with van der Waals surface area (Å²) in [4.78, 5) is 6.30. The van der Waals surface area contributed by atoms with E-state index in [-0.39, 0.29) is 0 Å². The third kappa shape index (κ3) is 3.78. The molecule has 0 spiro atoms. The van der Waals surface area contributed by atoms with E-state index in [9.17, 15) is 0 Å². The maximum Gasteiger partial charge on any atom is 0.138 e. The van der Waals surface area contributed by atoms with E-state index in [1.807, 2.05) is 11.3 Å². The lowest BCUT2D eigenvalue weighted by Gasteiger charge is -2.34. The van der Waals surface area contributed by atoms with Crippen LogP contribution in [0.4, 0.5) is 0 Å². The smallest absolute Gasteiger partial charge is 0.138 e. The van der Waals surface area contributed by atoms with Gasteiger partial charge < -0.3 is 0 Å². The average molecular weight is 394 g/mol. The van der Waals surface area contributed by atoms with Crippen LogP contribution < -0.4 is 0 Å². The fourth-order valence-electron chi connectivity index (χ4n) is 2.27. The zero-order valence-electron chi connectivity index (χ0n) is 10.8. The normalized spacial score (nSPS) is 17.7. The SMILES string of the molecule is Clc1snnc1CN1CCN(Cc2ccc(Br)s2)CC1. The van der Waals surface area contributed by atoms with E-state index < -0.39 is 0 Å². The summed E-state index contributed by atoms with van der Waals surface area (Å²) in [7, 11) is 0. The molecule has 1 aliphatic rings. The highest BCUT2D eigenvalue weighted by molar-refractivity contribution is 9.11. The van der Waals surface area contributed by atoms with Gasteiger partial charge >= 0.3 is 0 Å². The van der Waals surface area contributed by atoms with Gasteiger partial charge in [-0.05, 0) is 28.1 Å². The van der Waals surface area contributed by atoms with Crippen molar-refractivity contribution in [2.24, 2.45) is 0 Å². The molecular weight excluding hydrogens is 380 g/mol. The molecule has 0 atom stereocenters. The van der Waals surface area contributed by atoms with Crippen molar-refractivity contribution in [1.29, 1.82) is 0 Å². The van der Waals surface area contributed by atoms with Gasteiger partial charge in [-0.1, -0.05) is 16.1 Å². The van der Waals surface area contributed by atoms with E-state index in [4.69, 9.17) is 11.6 Å². The first kappa shape index (κ1) is 14.9. The van der Waals surface area contributed by atoms with Crippen molar-refractivity contribution in [2.45, 2.75) is 13.1 Å². The van der Waals surface area contributed by atoms with Crippen LogP contribution in [-0.4, -0.2) is 45.6 Å². The Hall–Kier alpha value is -0.0500. The molecule has 0 radical (unpaired) electrons. The number of halogens is 2. The Balaban J connectivity index is 1.48. The molecule has 1 fully saturated rings. The summed E-state index contributed by atoms with van der Waals surface area (Å²) in [6.45, 7) is 6.15. The van der Waals surface area contributed by atoms with Crippen molar-refractivity contribution in [1.82, 2.24) is 19.4 Å². The molecule has 3 heterocycles. The molecule has 1 saturated heterocycles. The van der Waals surface area contributed by atoms with Gasteiger partial charge in [0.15, 0.2) is 0 Å². The summed E-state index contributed by atoms with van der Waals surface area (Å²) in [6, 6.07) is 4.31. The van der Waals surface area contributed by atoms with Crippen LogP contribution in [0.15, 0.2) is 15.9 Å². The maximum absolute atomic E-state index is 6.05. The van der Waals surface area contributed by atoms with Crippen LogP contribution in [0.5, 0.6) is 0 Å². The highest BCUT2D eigenvalue weighted by Gasteiger charge is 2.19. The molecule has 20 heavy (non-hydrogen) atoms. The zero-order chi connectivity index (χ0) is 13.9. The molecule has 1 aliphatic heterocycles. The summed E-state index contributed by atoms with van der Waals surface area (Å²) >= 11 is 12.6. The number of aromatic nitrogens is 2. The van der Waals surface area contributed by atoms with E-state index in [1.54, 1.807) is 0 Å². The first-order chi connectivity index (χ1) is 9.70. The Labute approximate surface area is 139 Å². The minimum Gasteiger partial charge on any atom is -0.296 e. The molecule has 4 nitrogen and oxygen atoms in total. The van der Waals surface area contributed by atoms with Gasteiger partial charge in [-0.15, -0.1) is 16.4 Å². The largest absolute Gasteiger partial charge is 0.296 e. The molecule has 3 rings (SSSR count). The first-order valence-electron chi connectivity index (χ1n) is 6.36. The Bertz CT molecular complexity index is 565. The molecule has 0 aliphatic carbocycles. The number of piperazine rings is 1. The molecular formula is C12H14BrClN4S2. The van der Waals surface area contributed by atoms with Crippen LogP contribution >= 0.6 is 50.4 Å². The lowest BCUT2D eigenvalue weighted by molar-refractivity contribution is 0.122. The van der Waals surface area contributed by atoms with Gasteiger partial charge in [-0.3, -0.25) is 9.80 Å². The Morgan fingerprint density at radius 3 is 2.40 bits per heavy atom. The van der Waals surface area contributed by atoms with Crippen molar-refractivity contribution in [2.75, 3.05) is 26.2 Å². The predicted octanol–water partition coefficient (Wildman–Crippen LogP) is 3.33. The number of thiophene rings is 1. The summed E-state index contributed by atoms with van der Waals surface area (Å²) in [5.74, 6) is 0. The van der Waals surface area contributed by atoms with Crippen molar-refractivity contribution in [3.8, 4) is 0 Å². The van der Waals surface area contributed by atoms with E-state index in [0.717, 1.165) is 49.3 Å². The second kappa shape index (κ2) is 6.81. The highest BCUT2D eigenvalue weighted by Crippen LogP contribution is 2.24. The van der Waals surface area contributed by atoms with Crippen LogP contribution in [0.1, 0.15) is 10.6 Å². The van der Waals surface area contributed by atoms with Gasteiger partial charge in [0.05, 0.1) is 3.79 Å². The van der Waals surface area contributed by atoms with Crippen molar-refractivity contribution in [3.63, 3.8) is 0 Å². The third-order valence-electron chi connectivity index (χ3n) is 3.36. The van der Waals surface area contributed by atoms with Crippen LogP contribution in [0, 0.1) is 0 Å². The fourth-order valence-corrected chi connectivity index (χ4v) is 4.40. The van der Waals surface area contributed by atoms with Crippen molar-refractivity contribution in [3.05, 3.63) is 30.8 Å². The quantitative estimate of drug-likeness (QED) is 0.797. The first-order valence-corrected chi connectivity index (χ1v) is 9.12. The van der Waals surface area contributed by atoms with E-state index in [0.29, 0.717) is 0 Å². The molecule has 0 amide bonds. The lowest BCUT2D eigenvalue weighted by atomic mass is 10.3. The van der Waals surface area contributed by atoms with Gasteiger partial charge in [0.1, 0.15) is 10.0 Å². The molecule has 2 aromatic rings. The van der Waals surface area contributed by atoms with Crippen molar-refractivity contribution < 1.29 is 0 Å². The van der Waals surface area contributed by atoms with E-state index >= 15 is 0 Å². The maximum atomic E-state index is 6.05. The molecule has 2 aromatic heterocycles. The number of hydrogen-bond acceptors (Lipinski definition) is 6. The van der Waals surface area contributed by atoms with Gasteiger partial charge in [0.25, 0.3) is 0 Å². The van der Waals surface area contributed by atoms with Crippen LogP contribution in [0.25, 0.3) is 0 Å². The fraction of sp³-hybridized carbons (Fsp3) is 0.500. The summed E-state index contributed by atoms with van der Waals surface area (Å²) in [6.07, 6.45) is 0. The summed E-state index contributed by atoms with van der Waals surface area (Å²) in [5, 5.41) is 4.08. The topological polar surface area (TPSA) is 32.3 Å².